The maximum Gasteiger partial charge on any atom is 0.273 e. The summed E-state index contributed by atoms with van der Waals surface area (Å²) in [4.78, 5) is 16.6. The minimum Gasteiger partial charge on any atom is -0.335 e. The van der Waals surface area contributed by atoms with Crippen molar-refractivity contribution in [2.24, 2.45) is 7.05 Å². The second-order valence-corrected chi connectivity index (χ2v) is 6.48. The van der Waals surface area contributed by atoms with Crippen LogP contribution in [0.5, 0.6) is 0 Å². The fourth-order valence-corrected chi connectivity index (χ4v) is 3.30. The van der Waals surface area contributed by atoms with Crippen molar-refractivity contribution in [2.45, 2.75) is 6.54 Å². The molecule has 7 heteroatoms. The van der Waals surface area contributed by atoms with Crippen molar-refractivity contribution in [3.8, 4) is 0 Å². The van der Waals surface area contributed by atoms with Crippen LogP contribution in [0.3, 0.4) is 0 Å². The van der Waals surface area contributed by atoms with E-state index >= 15 is 0 Å². The summed E-state index contributed by atoms with van der Waals surface area (Å²) in [5.41, 5.74) is 1.26. The molecule has 0 bridgehead atoms. The summed E-state index contributed by atoms with van der Waals surface area (Å²) >= 11 is 3.37. The fourth-order valence-electron chi connectivity index (χ4n) is 2.78. The number of hydrogen-bond donors (Lipinski definition) is 0. The Kier molecular flexibility index (Phi) is 4.77. The highest BCUT2D eigenvalue weighted by atomic mass is 79.9. The number of rotatable bonds is 3. The lowest BCUT2D eigenvalue weighted by atomic mass is 10.2. The van der Waals surface area contributed by atoms with E-state index in [1.807, 2.05) is 11.0 Å². The number of aryl methyl sites for hydroxylation is 1. The van der Waals surface area contributed by atoms with E-state index < -0.39 is 0 Å². The first-order valence-electron chi connectivity index (χ1n) is 7.49. The van der Waals surface area contributed by atoms with E-state index in [1.54, 1.807) is 30.1 Å². The topological polar surface area (TPSA) is 41.4 Å². The molecule has 0 N–H and O–H groups in total. The molecule has 1 saturated heterocycles. The zero-order valence-electron chi connectivity index (χ0n) is 12.9. The van der Waals surface area contributed by atoms with Crippen LogP contribution in [-0.4, -0.2) is 51.7 Å². The van der Waals surface area contributed by atoms with Crippen LogP contribution in [0.1, 0.15) is 16.1 Å². The van der Waals surface area contributed by atoms with E-state index in [0.29, 0.717) is 35.4 Å². The first-order valence-corrected chi connectivity index (χ1v) is 8.28. The van der Waals surface area contributed by atoms with Crippen LogP contribution >= 0.6 is 15.9 Å². The number of nitrogens with zero attached hydrogens (tertiary/aromatic N) is 4. The zero-order chi connectivity index (χ0) is 16.4. The Morgan fingerprint density at radius 3 is 2.57 bits per heavy atom. The lowest BCUT2D eigenvalue weighted by Crippen LogP contribution is -2.48. The third-order valence-corrected chi connectivity index (χ3v) is 4.69. The largest absolute Gasteiger partial charge is 0.335 e. The number of halogens is 2. The van der Waals surface area contributed by atoms with Crippen LogP contribution in [0.15, 0.2) is 34.9 Å². The molecule has 0 radical (unpaired) electrons. The van der Waals surface area contributed by atoms with Gasteiger partial charge in [-0.05, 0) is 22.0 Å². The Morgan fingerprint density at radius 1 is 1.26 bits per heavy atom. The van der Waals surface area contributed by atoms with Gasteiger partial charge in [0.25, 0.3) is 5.91 Å². The molecule has 0 atom stereocenters. The lowest BCUT2D eigenvalue weighted by Gasteiger charge is -2.34. The Labute approximate surface area is 142 Å². The standard InChI is InChI=1S/C16H18BrFN4O/c1-20-15(13(17)10-19-20)16(23)22-8-6-21(7-9-22)11-12-4-2-3-5-14(12)18/h2-5,10H,6-9,11H2,1H3. The van der Waals surface area contributed by atoms with Crippen LogP contribution in [-0.2, 0) is 13.6 Å². The van der Waals surface area contributed by atoms with Crippen LogP contribution in [0.25, 0.3) is 0 Å². The van der Waals surface area contributed by atoms with Gasteiger partial charge in [-0.3, -0.25) is 14.4 Å². The van der Waals surface area contributed by atoms with E-state index in [2.05, 4.69) is 25.9 Å². The third kappa shape index (κ3) is 3.45. The van der Waals surface area contributed by atoms with Crippen LogP contribution < -0.4 is 0 Å². The quantitative estimate of drug-likeness (QED) is 0.819. The smallest absolute Gasteiger partial charge is 0.273 e. The first-order chi connectivity index (χ1) is 11.1. The Hall–Kier alpha value is -1.73. The number of aromatic nitrogens is 2. The predicted molar refractivity (Wildman–Crippen MR) is 88.5 cm³/mol. The van der Waals surface area contributed by atoms with Gasteiger partial charge in [0.1, 0.15) is 11.5 Å². The van der Waals surface area contributed by atoms with Gasteiger partial charge >= 0.3 is 0 Å². The third-order valence-electron chi connectivity index (χ3n) is 4.11. The van der Waals surface area contributed by atoms with Gasteiger partial charge in [0, 0.05) is 45.3 Å². The van der Waals surface area contributed by atoms with E-state index in [0.717, 1.165) is 13.1 Å². The normalized spacial score (nSPS) is 15.9. The molecule has 5 nitrogen and oxygen atoms in total. The summed E-state index contributed by atoms with van der Waals surface area (Å²) in [6.07, 6.45) is 1.63. The highest BCUT2D eigenvalue weighted by molar-refractivity contribution is 9.10. The summed E-state index contributed by atoms with van der Waals surface area (Å²) in [6, 6.07) is 6.83. The molecule has 1 aromatic heterocycles. The van der Waals surface area contributed by atoms with Gasteiger partial charge < -0.3 is 4.90 Å². The average Bonchev–Trinajstić information content (AvgIpc) is 2.88. The molecular formula is C16H18BrFN4O. The summed E-state index contributed by atoms with van der Waals surface area (Å²) in [5.74, 6) is -0.202. The number of benzene rings is 1. The Morgan fingerprint density at radius 2 is 1.96 bits per heavy atom. The number of hydrogen-bond acceptors (Lipinski definition) is 3. The second-order valence-electron chi connectivity index (χ2n) is 5.62. The molecule has 2 aromatic rings. The molecule has 3 rings (SSSR count). The lowest BCUT2D eigenvalue weighted by molar-refractivity contribution is 0.0615. The molecule has 1 fully saturated rings. The number of piperazine rings is 1. The molecule has 0 aliphatic carbocycles. The summed E-state index contributed by atoms with van der Waals surface area (Å²) in [5, 5.41) is 4.08. The van der Waals surface area contributed by atoms with Crippen molar-refractivity contribution in [1.82, 2.24) is 19.6 Å². The highest BCUT2D eigenvalue weighted by Crippen LogP contribution is 2.19. The minimum atomic E-state index is -0.176. The molecule has 1 aliphatic heterocycles. The number of carbonyl (C=O) groups is 1. The van der Waals surface area contributed by atoms with E-state index in [4.69, 9.17) is 0 Å². The summed E-state index contributed by atoms with van der Waals surface area (Å²) in [6.45, 7) is 3.30. The molecule has 1 amide bonds. The summed E-state index contributed by atoms with van der Waals surface area (Å²) in [7, 11) is 1.76. The predicted octanol–water partition coefficient (Wildman–Crippen LogP) is 2.28. The Balaban J connectivity index is 1.60. The molecule has 2 heterocycles. The summed E-state index contributed by atoms with van der Waals surface area (Å²) < 4.78 is 16.0. The van der Waals surface area contributed by atoms with Crippen molar-refractivity contribution in [2.75, 3.05) is 26.2 Å². The van der Waals surface area contributed by atoms with E-state index in [9.17, 15) is 9.18 Å². The minimum absolute atomic E-state index is 0.0255. The van der Waals surface area contributed by atoms with Gasteiger partial charge in [0.05, 0.1) is 10.7 Å². The maximum atomic E-state index is 13.7. The monoisotopic (exact) mass is 380 g/mol. The maximum absolute atomic E-state index is 13.7. The molecule has 122 valence electrons. The molecular weight excluding hydrogens is 363 g/mol. The Bertz CT molecular complexity index is 690. The van der Waals surface area contributed by atoms with Crippen LogP contribution in [0.4, 0.5) is 4.39 Å². The molecule has 1 aromatic carbocycles. The molecule has 1 aliphatic rings. The van der Waals surface area contributed by atoms with Crippen molar-refractivity contribution in [3.63, 3.8) is 0 Å². The molecule has 0 unspecified atom stereocenters. The van der Waals surface area contributed by atoms with Gasteiger partial charge in [0.2, 0.25) is 0 Å². The molecule has 0 spiro atoms. The van der Waals surface area contributed by atoms with Crippen molar-refractivity contribution in [3.05, 3.63) is 52.0 Å². The van der Waals surface area contributed by atoms with E-state index in [-0.39, 0.29) is 11.7 Å². The van der Waals surface area contributed by atoms with E-state index in [1.165, 1.54) is 6.07 Å². The average molecular weight is 381 g/mol. The molecule has 23 heavy (non-hydrogen) atoms. The first kappa shape index (κ1) is 16.1. The van der Waals surface area contributed by atoms with Crippen molar-refractivity contribution >= 4 is 21.8 Å². The van der Waals surface area contributed by atoms with Crippen molar-refractivity contribution < 1.29 is 9.18 Å². The van der Waals surface area contributed by atoms with Gasteiger partial charge in [-0.15, -0.1) is 0 Å². The zero-order valence-corrected chi connectivity index (χ0v) is 14.5. The van der Waals surface area contributed by atoms with Gasteiger partial charge in [-0.2, -0.15) is 5.10 Å². The highest BCUT2D eigenvalue weighted by Gasteiger charge is 2.26. The number of amides is 1. The fraction of sp³-hybridized carbons (Fsp3) is 0.375. The van der Waals surface area contributed by atoms with Crippen molar-refractivity contribution in [1.29, 1.82) is 0 Å². The van der Waals surface area contributed by atoms with Crippen LogP contribution in [0.2, 0.25) is 0 Å². The number of carbonyl (C=O) groups excluding carboxylic acids is 1. The SMILES string of the molecule is Cn1ncc(Br)c1C(=O)N1CCN(Cc2ccccc2F)CC1. The van der Waals surface area contributed by atoms with Gasteiger partial charge in [-0.1, -0.05) is 18.2 Å². The van der Waals surface area contributed by atoms with Gasteiger partial charge in [-0.25, -0.2) is 4.39 Å². The molecule has 0 saturated carbocycles. The van der Waals surface area contributed by atoms with Gasteiger partial charge in [0.15, 0.2) is 0 Å². The second kappa shape index (κ2) is 6.80. The van der Waals surface area contributed by atoms with Crippen LogP contribution in [0, 0.1) is 5.82 Å².